The smallest absolute Gasteiger partial charge is 0.243 e. The standard InChI is InChI=1S/C22H29N3O4S/c1-4-15(2)16-5-7-17(8-6-16)24-22(26)14-23-20-13-19(11-12-21(20)29-3)30(27,28)25-18-9-10-18/h5-8,11-13,15,18,23,25H,4,9-10,14H2,1-3H3,(H,24,26)/t15-/m0/s1. The SMILES string of the molecule is CC[C@H](C)c1ccc(NC(=O)CNc2cc(S(=O)(=O)NC3CC3)ccc2OC)cc1. The molecular weight excluding hydrogens is 402 g/mol. The summed E-state index contributed by atoms with van der Waals surface area (Å²) < 4.78 is 32.8. The lowest BCUT2D eigenvalue weighted by Gasteiger charge is -2.14. The first-order chi connectivity index (χ1) is 14.3. The number of hydrogen-bond donors (Lipinski definition) is 3. The fourth-order valence-electron chi connectivity index (χ4n) is 2.99. The Morgan fingerprint density at radius 2 is 1.87 bits per heavy atom. The van der Waals surface area contributed by atoms with Gasteiger partial charge >= 0.3 is 0 Å². The molecule has 2 aromatic rings. The molecule has 1 atom stereocenters. The molecule has 1 amide bonds. The number of carbonyl (C=O) groups excluding carboxylic acids is 1. The Morgan fingerprint density at radius 3 is 2.47 bits per heavy atom. The normalized spacial score (nSPS) is 14.8. The first-order valence-electron chi connectivity index (χ1n) is 10.2. The van der Waals surface area contributed by atoms with E-state index in [1.807, 2.05) is 24.3 Å². The maximum absolute atomic E-state index is 12.5. The summed E-state index contributed by atoms with van der Waals surface area (Å²) in [7, 11) is -2.10. The summed E-state index contributed by atoms with van der Waals surface area (Å²) in [6, 6.07) is 12.4. The number of anilines is 2. The number of rotatable bonds is 10. The Kier molecular flexibility index (Phi) is 6.99. The van der Waals surface area contributed by atoms with Crippen LogP contribution in [0.2, 0.25) is 0 Å². The van der Waals surface area contributed by atoms with E-state index in [1.165, 1.54) is 24.8 Å². The number of nitrogens with one attached hydrogen (secondary N) is 3. The lowest BCUT2D eigenvalue weighted by Crippen LogP contribution is -2.26. The second-order valence-electron chi connectivity index (χ2n) is 7.59. The predicted molar refractivity (Wildman–Crippen MR) is 119 cm³/mol. The van der Waals surface area contributed by atoms with Crippen LogP contribution >= 0.6 is 0 Å². The second kappa shape index (κ2) is 9.49. The van der Waals surface area contributed by atoms with Gasteiger partial charge < -0.3 is 15.4 Å². The van der Waals surface area contributed by atoms with Gasteiger partial charge in [0.25, 0.3) is 0 Å². The van der Waals surface area contributed by atoms with Crippen molar-refractivity contribution in [2.75, 3.05) is 24.3 Å². The summed E-state index contributed by atoms with van der Waals surface area (Å²) in [4.78, 5) is 12.5. The van der Waals surface area contributed by atoms with Gasteiger partial charge in [0.2, 0.25) is 15.9 Å². The van der Waals surface area contributed by atoms with Crippen molar-refractivity contribution in [3.8, 4) is 5.75 Å². The minimum absolute atomic E-state index is 0.0194. The Labute approximate surface area is 178 Å². The number of amides is 1. The van der Waals surface area contributed by atoms with Crippen molar-refractivity contribution in [3.63, 3.8) is 0 Å². The molecule has 0 saturated heterocycles. The largest absolute Gasteiger partial charge is 0.495 e. The van der Waals surface area contributed by atoms with E-state index in [9.17, 15) is 13.2 Å². The Bertz CT molecular complexity index is 986. The quantitative estimate of drug-likeness (QED) is 0.533. The number of carbonyl (C=O) groups is 1. The Morgan fingerprint density at radius 1 is 1.17 bits per heavy atom. The molecule has 1 aliphatic rings. The highest BCUT2D eigenvalue weighted by Gasteiger charge is 2.28. The van der Waals surface area contributed by atoms with E-state index in [2.05, 4.69) is 29.2 Å². The fourth-order valence-corrected chi connectivity index (χ4v) is 4.32. The third-order valence-electron chi connectivity index (χ3n) is 5.20. The van der Waals surface area contributed by atoms with Crippen molar-refractivity contribution >= 4 is 27.3 Å². The molecule has 2 aromatic carbocycles. The average molecular weight is 432 g/mol. The predicted octanol–water partition coefficient (Wildman–Crippen LogP) is 3.70. The molecule has 0 spiro atoms. The number of benzene rings is 2. The summed E-state index contributed by atoms with van der Waals surface area (Å²) in [5, 5.41) is 5.82. The third kappa shape index (κ3) is 5.73. The van der Waals surface area contributed by atoms with Gasteiger partial charge in [0, 0.05) is 11.7 Å². The van der Waals surface area contributed by atoms with Crippen molar-refractivity contribution in [1.82, 2.24) is 4.72 Å². The van der Waals surface area contributed by atoms with E-state index < -0.39 is 10.0 Å². The number of hydrogen-bond acceptors (Lipinski definition) is 5. The van der Waals surface area contributed by atoms with Crippen LogP contribution in [-0.2, 0) is 14.8 Å². The Balaban J connectivity index is 1.63. The molecule has 0 aromatic heterocycles. The van der Waals surface area contributed by atoms with E-state index in [-0.39, 0.29) is 23.4 Å². The Hall–Kier alpha value is -2.58. The highest BCUT2D eigenvalue weighted by Crippen LogP contribution is 2.29. The molecule has 3 rings (SSSR count). The second-order valence-corrected chi connectivity index (χ2v) is 9.30. The van der Waals surface area contributed by atoms with Gasteiger partial charge in [0.15, 0.2) is 0 Å². The average Bonchev–Trinajstić information content (AvgIpc) is 3.55. The van der Waals surface area contributed by atoms with Crippen molar-refractivity contribution in [3.05, 3.63) is 48.0 Å². The van der Waals surface area contributed by atoms with Gasteiger partial charge in [-0.3, -0.25) is 4.79 Å². The molecular formula is C22H29N3O4S. The van der Waals surface area contributed by atoms with Crippen molar-refractivity contribution in [2.45, 2.75) is 50.0 Å². The third-order valence-corrected chi connectivity index (χ3v) is 6.71. The van der Waals surface area contributed by atoms with Gasteiger partial charge in [0.05, 0.1) is 24.2 Å². The van der Waals surface area contributed by atoms with Crippen LogP contribution in [0.1, 0.15) is 44.6 Å². The van der Waals surface area contributed by atoms with Gasteiger partial charge in [-0.1, -0.05) is 26.0 Å². The molecule has 1 saturated carbocycles. The van der Waals surface area contributed by atoms with Crippen LogP contribution in [0.5, 0.6) is 5.75 Å². The van der Waals surface area contributed by atoms with Gasteiger partial charge in [-0.05, 0) is 61.1 Å². The fraction of sp³-hybridized carbons (Fsp3) is 0.409. The topological polar surface area (TPSA) is 96.5 Å². The zero-order chi connectivity index (χ0) is 21.7. The molecule has 0 unspecified atom stereocenters. The number of ether oxygens (including phenoxy) is 1. The van der Waals surface area contributed by atoms with Gasteiger partial charge in [-0.25, -0.2) is 13.1 Å². The summed E-state index contributed by atoms with van der Waals surface area (Å²) in [5.74, 6) is 0.700. The van der Waals surface area contributed by atoms with E-state index in [4.69, 9.17) is 4.74 Å². The zero-order valence-electron chi connectivity index (χ0n) is 17.6. The minimum atomic E-state index is -3.59. The molecule has 3 N–H and O–H groups in total. The maximum Gasteiger partial charge on any atom is 0.243 e. The van der Waals surface area contributed by atoms with Crippen LogP contribution in [0.4, 0.5) is 11.4 Å². The highest BCUT2D eigenvalue weighted by atomic mass is 32.2. The highest BCUT2D eigenvalue weighted by molar-refractivity contribution is 7.89. The number of sulfonamides is 1. The van der Waals surface area contributed by atoms with E-state index in [0.717, 1.165) is 19.3 Å². The van der Waals surface area contributed by atoms with Crippen LogP contribution in [-0.4, -0.2) is 34.0 Å². The summed E-state index contributed by atoms with van der Waals surface area (Å²) in [6.07, 6.45) is 2.78. The lowest BCUT2D eigenvalue weighted by atomic mass is 9.99. The minimum Gasteiger partial charge on any atom is -0.495 e. The maximum atomic E-state index is 12.5. The molecule has 0 radical (unpaired) electrons. The molecule has 1 aliphatic carbocycles. The zero-order valence-corrected chi connectivity index (χ0v) is 18.4. The van der Waals surface area contributed by atoms with Crippen LogP contribution in [0.15, 0.2) is 47.4 Å². The molecule has 30 heavy (non-hydrogen) atoms. The van der Waals surface area contributed by atoms with Crippen LogP contribution in [0, 0.1) is 0 Å². The number of methoxy groups -OCH3 is 1. The van der Waals surface area contributed by atoms with Gasteiger partial charge in [0.1, 0.15) is 5.75 Å². The van der Waals surface area contributed by atoms with Gasteiger partial charge in [-0.15, -0.1) is 0 Å². The molecule has 0 heterocycles. The summed E-state index contributed by atoms with van der Waals surface area (Å²) in [5.41, 5.74) is 2.39. The summed E-state index contributed by atoms with van der Waals surface area (Å²) >= 11 is 0. The van der Waals surface area contributed by atoms with Crippen molar-refractivity contribution < 1.29 is 17.9 Å². The first kappa shape index (κ1) is 22.1. The van der Waals surface area contributed by atoms with E-state index >= 15 is 0 Å². The van der Waals surface area contributed by atoms with E-state index in [1.54, 1.807) is 6.07 Å². The monoisotopic (exact) mass is 431 g/mol. The molecule has 162 valence electrons. The molecule has 8 heteroatoms. The van der Waals surface area contributed by atoms with E-state index in [0.29, 0.717) is 23.0 Å². The van der Waals surface area contributed by atoms with Gasteiger partial charge in [-0.2, -0.15) is 0 Å². The van der Waals surface area contributed by atoms with Crippen molar-refractivity contribution in [2.24, 2.45) is 0 Å². The van der Waals surface area contributed by atoms with Crippen LogP contribution in [0.25, 0.3) is 0 Å². The lowest BCUT2D eigenvalue weighted by molar-refractivity contribution is -0.114. The van der Waals surface area contributed by atoms with Crippen LogP contribution < -0.4 is 20.1 Å². The molecule has 1 fully saturated rings. The first-order valence-corrected chi connectivity index (χ1v) is 11.6. The molecule has 7 nitrogen and oxygen atoms in total. The molecule has 0 bridgehead atoms. The van der Waals surface area contributed by atoms with Crippen LogP contribution in [0.3, 0.4) is 0 Å². The molecule has 0 aliphatic heterocycles. The summed E-state index contributed by atoms with van der Waals surface area (Å²) in [6.45, 7) is 4.28. The van der Waals surface area contributed by atoms with Crippen molar-refractivity contribution in [1.29, 1.82) is 0 Å².